The molecule has 0 unspecified atom stereocenters. The molecule has 0 aromatic carbocycles. The number of nitrogens with zero attached hydrogens (tertiary/aromatic N) is 1. The van der Waals surface area contributed by atoms with E-state index in [4.69, 9.17) is 9.84 Å². The maximum absolute atomic E-state index is 12.3. The molecule has 1 heterocycles. The Morgan fingerprint density at radius 3 is 2.67 bits per heavy atom. The number of cyclic esters (lactones) is 1. The number of ether oxygens (including phenoxy) is 1. The average molecular weight is 463 g/mol. The molecule has 5 N–H and O–H groups in total. The van der Waals surface area contributed by atoms with Crippen LogP contribution >= 0.6 is 0 Å². The average Bonchev–Trinajstić information content (AvgIpc) is 3.31. The van der Waals surface area contributed by atoms with E-state index in [1.54, 1.807) is 6.08 Å². The lowest BCUT2D eigenvalue weighted by molar-refractivity contribution is -0.237. The van der Waals surface area contributed by atoms with Gasteiger partial charge >= 0.3 is 5.97 Å². The summed E-state index contributed by atoms with van der Waals surface area (Å²) in [6.45, 7) is 2.82. The van der Waals surface area contributed by atoms with Gasteiger partial charge in [0.15, 0.2) is 0 Å². The molecule has 4 aliphatic carbocycles. The first-order chi connectivity index (χ1) is 15.7. The Labute approximate surface area is 195 Å². The number of rotatable bonds is 5. The molecule has 0 spiro atoms. The lowest BCUT2D eigenvalue weighted by Crippen LogP contribution is -2.68. The second kappa shape index (κ2) is 8.04. The minimum atomic E-state index is -1.06. The number of hydrogen-bond donors (Lipinski definition) is 5. The summed E-state index contributed by atoms with van der Waals surface area (Å²) in [5.74, 6) is -0.0955. The van der Waals surface area contributed by atoms with Crippen molar-refractivity contribution in [3.8, 4) is 0 Å². The Morgan fingerprint density at radius 2 is 1.94 bits per heavy atom. The molecule has 5 aliphatic rings. The van der Waals surface area contributed by atoms with E-state index in [0.29, 0.717) is 51.7 Å². The van der Waals surface area contributed by atoms with E-state index in [1.165, 1.54) is 0 Å². The second-order valence-electron chi connectivity index (χ2n) is 11.4. The first kappa shape index (κ1) is 23.3. The van der Waals surface area contributed by atoms with Gasteiger partial charge in [-0.05, 0) is 74.7 Å². The van der Waals surface area contributed by atoms with Crippen LogP contribution in [0, 0.1) is 28.6 Å². The Kier molecular flexibility index (Phi) is 5.67. The highest BCUT2D eigenvalue weighted by Crippen LogP contribution is 2.70. The maximum atomic E-state index is 12.3. The zero-order valence-electron chi connectivity index (χ0n) is 19.5. The van der Waals surface area contributed by atoms with Crippen molar-refractivity contribution in [3.63, 3.8) is 0 Å². The Hall–Kier alpha value is -1.48. The fourth-order valence-electron chi connectivity index (χ4n) is 8.64. The maximum Gasteiger partial charge on any atom is 0.331 e. The summed E-state index contributed by atoms with van der Waals surface area (Å²) in [5.41, 5.74) is 0.968. The van der Waals surface area contributed by atoms with Crippen LogP contribution in [0.25, 0.3) is 0 Å². The number of aliphatic hydroxyl groups excluding tert-OH is 2. The zero-order chi connectivity index (χ0) is 23.5. The molecule has 4 saturated carbocycles. The molecule has 8 atom stereocenters. The van der Waals surface area contributed by atoms with Gasteiger partial charge in [0, 0.05) is 29.5 Å². The molecule has 184 valence electrons. The van der Waals surface area contributed by atoms with Crippen LogP contribution in [-0.4, -0.2) is 69.7 Å². The highest BCUT2D eigenvalue weighted by Gasteiger charge is 2.71. The van der Waals surface area contributed by atoms with Gasteiger partial charge in [0.1, 0.15) is 6.61 Å². The molecule has 8 heteroatoms. The quantitative estimate of drug-likeness (QED) is 0.180. The van der Waals surface area contributed by atoms with Crippen LogP contribution in [0.1, 0.15) is 64.7 Å². The Balaban J connectivity index is 1.50. The van der Waals surface area contributed by atoms with Crippen molar-refractivity contribution in [2.75, 3.05) is 19.8 Å². The molecule has 0 saturated heterocycles. The second-order valence-corrected chi connectivity index (χ2v) is 11.4. The van der Waals surface area contributed by atoms with Gasteiger partial charge in [-0.2, -0.15) is 5.10 Å². The van der Waals surface area contributed by atoms with Crippen LogP contribution in [-0.2, 0) is 9.53 Å². The van der Waals surface area contributed by atoms with E-state index in [0.717, 1.165) is 24.8 Å². The largest absolute Gasteiger partial charge is 0.458 e. The normalized spacial score (nSPS) is 49.2. The van der Waals surface area contributed by atoms with Gasteiger partial charge in [0.05, 0.1) is 30.5 Å². The van der Waals surface area contributed by atoms with E-state index in [2.05, 4.69) is 17.5 Å². The Bertz CT molecular complexity index is 862. The lowest BCUT2D eigenvalue weighted by Gasteiger charge is -2.65. The fraction of sp³-hybridized carbons (Fsp3) is 0.840. The van der Waals surface area contributed by atoms with E-state index in [-0.39, 0.29) is 35.7 Å². The topological polar surface area (TPSA) is 132 Å². The predicted molar refractivity (Wildman–Crippen MR) is 121 cm³/mol. The summed E-state index contributed by atoms with van der Waals surface area (Å²) >= 11 is 0. The van der Waals surface area contributed by atoms with Crippen LogP contribution in [0.15, 0.2) is 16.8 Å². The molecule has 0 aromatic heterocycles. The third kappa shape index (κ3) is 3.24. The molecule has 0 radical (unpaired) electrons. The van der Waals surface area contributed by atoms with Gasteiger partial charge < -0.3 is 30.6 Å². The monoisotopic (exact) mass is 462 g/mol. The number of nitrogens with one attached hydrogen (secondary N) is 1. The standard InChI is InChI=1S/C25H38N2O6/c1-22-6-3-19-20(25(22,32)9-5-18(22)16-12-21(30)33-14-16)4-8-24(31)13-17(29)2-7-23(19,24)15-27-26-10-11-28/h12,15,17-20,26,28-29,31-32H,2-11,13-14H2,1H3/b27-15-/t17-,18+,19-,20+,22+,23-,24-,25+/m0/s1. The fourth-order valence-corrected chi connectivity index (χ4v) is 8.64. The van der Waals surface area contributed by atoms with Crippen molar-refractivity contribution >= 4 is 12.2 Å². The highest BCUT2D eigenvalue weighted by atomic mass is 16.5. The number of fused-ring (bicyclic) bond motifs is 5. The highest BCUT2D eigenvalue weighted by molar-refractivity contribution is 5.85. The molecule has 8 nitrogen and oxygen atoms in total. The molecule has 5 rings (SSSR count). The smallest absolute Gasteiger partial charge is 0.331 e. The SMILES string of the molecule is C[C@]12CC[C@H]3[C@@H](CC[C@]4(O)C[C@@H](O)CC[C@]34/C=N\NCCO)[C@]1(O)CC[C@@H]2C1=CC(=O)OC1. The molecule has 0 aromatic rings. The number of carbonyl (C=O) groups is 1. The van der Waals surface area contributed by atoms with E-state index in [9.17, 15) is 20.1 Å². The number of esters is 1. The van der Waals surface area contributed by atoms with E-state index in [1.807, 2.05) is 6.21 Å². The summed E-state index contributed by atoms with van der Waals surface area (Å²) in [6, 6.07) is 0. The van der Waals surface area contributed by atoms with Gasteiger partial charge in [-0.25, -0.2) is 4.79 Å². The van der Waals surface area contributed by atoms with Gasteiger partial charge in [0.25, 0.3) is 0 Å². The van der Waals surface area contributed by atoms with Crippen molar-refractivity contribution in [2.45, 2.75) is 82.0 Å². The van der Waals surface area contributed by atoms with Gasteiger partial charge in [-0.15, -0.1) is 0 Å². The molecule has 1 aliphatic heterocycles. The van der Waals surface area contributed by atoms with E-state index < -0.39 is 22.7 Å². The van der Waals surface area contributed by atoms with Crippen LogP contribution in [0.3, 0.4) is 0 Å². The minimum Gasteiger partial charge on any atom is -0.458 e. The van der Waals surface area contributed by atoms with Crippen molar-refractivity contribution in [1.82, 2.24) is 5.43 Å². The Morgan fingerprint density at radius 1 is 1.15 bits per heavy atom. The summed E-state index contributed by atoms with van der Waals surface area (Å²) in [7, 11) is 0. The number of hydrazone groups is 1. The predicted octanol–water partition coefficient (Wildman–Crippen LogP) is 1.27. The molecule has 0 bridgehead atoms. The molecule has 33 heavy (non-hydrogen) atoms. The van der Waals surface area contributed by atoms with Crippen molar-refractivity contribution < 1.29 is 30.0 Å². The summed E-state index contributed by atoms with van der Waals surface area (Å²) < 4.78 is 5.20. The van der Waals surface area contributed by atoms with Crippen molar-refractivity contribution in [1.29, 1.82) is 0 Å². The third-order valence-electron chi connectivity index (χ3n) is 10.2. The third-order valence-corrected chi connectivity index (χ3v) is 10.2. The van der Waals surface area contributed by atoms with Crippen LogP contribution < -0.4 is 5.43 Å². The molecule has 4 fully saturated rings. The number of hydrogen-bond acceptors (Lipinski definition) is 8. The van der Waals surface area contributed by atoms with Crippen molar-refractivity contribution in [2.24, 2.45) is 33.7 Å². The van der Waals surface area contributed by atoms with Crippen LogP contribution in [0.5, 0.6) is 0 Å². The summed E-state index contributed by atoms with van der Waals surface area (Å²) in [4.78, 5) is 11.7. The zero-order valence-corrected chi connectivity index (χ0v) is 19.5. The lowest BCUT2D eigenvalue weighted by atomic mass is 9.41. The van der Waals surface area contributed by atoms with Gasteiger partial charge in [-0.1, -0.05) is 6.92 Å². The first-order valence-electron chi connectivity index (χ1n) is 12.6. The minimum absolute atomic E-state index is 0.0136. The van der Waals surface area contributed by atoms with Crippen molar-refractivity contribution in [3.05, 3.63) is 11.6 Å². The molecular formula is C25H38N2O6. The van der Waals surface area contributed by atoms with Gasteiger partial charge in [0.2, 0.25) is 0 Å². The summed E-state index contributed by atoms with van der Waals surface area (Å²) in [6.07, 6.45) is 8.88. The molecule has 0 amide bonds. The van der Waals surface area contributed by atoms with E-state index >= 15 is 0 Å². The van der Waals surface area contributed by atoms with Gasteiger partial charge in [-0.3, -0.25) is 0 Å². The number of aliphatic hydroxyl groups is 4. The van der Waals surface area contributed by atoms with Crippen LogP contribution in [0.4, 0.5) is 0 Å². The first-order valence-corrected chi connectivity index (χ1v) is 12.6. The van der Waals surface area contributed by atoms with Crippen LogP contribution in [0.2, 0.25) is 0 Å². The molecular weight excluding hydrogens is 424 g/mol. The number of carbonyl (C=O) groups excluding carboxylic acids is 1. The summed E-state index contributed by atoms with van der Waals surface area (Å²) in [5, 5.41) is 48.1.